The van der Waals surface area contributed by atoms with Crippen LogP contribution in [0.2, 0.25) is 0 Å². The molecular weight excluding hydrogens is 532 g/mol. The third-order valence-electron chi connectivity index (χ3n) is 8.31. The van der Waals surface area contributed by atoms with Gasteiger partial charge in [0.1, 0.15) is 17.8 Å². The second-order valence-electron chi connectivity index (χ2n) is 13.3. The van der Waals surface area contributed by atoms with Gasteiger partial charge in [-0.15, -0.1) is 0 Å². The van der Waals surface area contributed by atoms with Gasteiger partial charge in [0.25, 0.3) is 0 Å². The Morgan fingerprint density at radius 3 is 1.77 bits per heavy atom. The molecular formula is C28H46F4N4O4. The number of amides is 3. The predicted octanol–water partition coefficient (Wildman–Crippen LogP) is 4.76. The Kier molecular flexibility index (Phi) is 9.14. The maximum absolute atomic E-state index is 14.2. The Labute approximate surface area is 235 Å². The zero-order valence-electron chi connectivity index (χ0n) is 25.1. The smallest absolute Gasteiger partial charge is 0.444 e. The van der Waals surface area contributed by atoms with Gasteiger partial charge in [0, 0.05) is 31.6 Å². The lowest BCUT2D eigenvalue weighted by Gasteiger charge is -2.49. The van der Waals surface area contributed by atoms with Crippen LogP contribution in [0.15, 0.2) is 0 Å². The maximum Gasteiger partial charge on any atom is 0.471 e. The maximum atomic E-state index is 14.2. The van der Waals surface area contributed by atoms with Crippen molar-refractivity contribution >= 4 is 17.9 Å². The van der Waals surface area contributed by atoms with Crippen molar-refractivity contribution in [2.45, 2.75) is 135 Å². The molecule has 2 atom stereocenters. The van der Waals surface area contributed by atoms with E-state index in [1.54, 1.807) is 20.8 Å². The van der Waals surface area contributed by atoms with Gasteiger partial charge in [-0.05, 0) is 80.7 Å². The first-order valence-corrected chi connectivity index (χ1v) is 14.4. The van der Waals surface area contributed by atoms with Crippen LogP contribution < -0.4 is 0 Å². The minimum Gasteiger partial charge on any atom is -0.444 e. The summed E-state index contributed by atoms with van der Waals surface area (Å²) in [6.45, 7) is 16.8. The molecule has 8 nitrogen and oxygen atoms in total. The predicted molar refractivity (Wildman–Crippen MR) is 142 cm³/mol. The monoisotopic (exact) mass is 578 g/mol. The summed E-state index contributed by atoms with van der Waals surface area (Å²) < 4.78 is 58.9. The molecule has 2 aliphatic heterocycles. The van der Waals surface area contributed by atoms with Gasteiger partial charge in [-0.1, -0.05) is 6.92 Å². The van der Waals surface area contributed by atoms with Crippen molar-refractivity contribution in [2.24, 2.45) is 0 Å². The molecule has 2 saturated carbocycles. The van der Waals surface area contributed by atoms with Gasteiger partial charge in [0.05, 0.1) is 17.6 Å². The molecule has 2 aliphatic carbocycles. The van der Waals surface area contributed by atoms with Crippen molar-refractivity contribution in [3.63, 3.8) is 0 Å². The molecule has 4 aliphatic rings. The van der Waals surface area contributed by atoms with Gasteiger partial charge in [-0.25, -0.2) is 9.18 Å². The zero-order valence-corrected chi connectivity index (χ0v) is 25.1. The molecule has 0 unspecified atom stereocenters. The van der Waals surface area contributed by atoms with Crippen molar-refractivity contribution in [2.75, 3.05) is 26.2 Å². The molecule has 0 aromatic heterocycles. The number of hydrogen-bond donors (Lipinski definition) is 0. The topological polar surface area (TPSA) is 73.4 Å². The standard InChI is InChI=1S/C20H27F4N3O4.C8H19N/c1-17(2,3)31-16(30)25-9-12(21)8-13(25)14(28)26-10-19(6-7-19)27(11-18(26)4-5-18)15(29)20(22,23)24;1-6-9(7(2)3)8(4)5/h12-13H,4-11H2,1-3H3;7-8H,6H2,1-5H3/t12-,13+;/m1./s1. The van der Waals surface area contributed by atoms with Crippen molar-refractivity contribution < 1.29 is 36.7 Å². The van der Waals surface area contributed by atoms with E-state index in [1.807, 2.05) is 0 Å². The minimum atomic E-state index is -4.97. The molecule has 0 bridgehead atoms. The van der Waals surface area contributed by atoms with Crippen LogP contribution >= 0.6 is 0 Å². The number of piperazine rings is 1. The van der Waals surface area contributed by atoms with Gasteiger partial charge < -0.3 is 14.5 Å². The SMILES string of the molecule is CC(C)(C)OC(=O)N1C[C@H](F)C[C@H]1C(=O)N1CC2(CC2)N(C(=O)C(F)(F)F)CC12CC2.CCN(C(C)C)C(C)C. The first-order valence-electron chi connectivity index (χ1n) is 14.4. The van der Waals surface area contributed by atoms with Crippen molar-refractivity contribution in [1.29, 1.82) is 0 Å². The molecule has 2 spiro atoms. The molecule has 0 aromatic rings. The number of hydrogen-bond acceptors (Lipinski definition) is 5. The zero-order chi connectivity index (χ0) is 30.4. The lowest BCUT2D eigenvalue weighted by Crippen LogP contribution is -2.67. The summed E-state index contributed by atoms with van der Waals surface area (Å²) in [7, 11) is 0. The fourth-order valence-electron chi connectivity index (χ4n) is 6.04. The number of carbonyl (C=O) groups is 3. The number of ether oxygens (including phenoxy) is 1. The normalized spacial score (nSPS) is 25.0. The number of halogens is 4. The van der Waals surface area contributed by atoms with E-state index in [0.717, 1.165) is 16.3 Å². The van der Waals surface area contributed by atoms with Gasteiger partial charge in [-0.3, -0.25) is 19.4 Å². The molecule has 4 fully saturated rings. The Balaban J connectivity index is 0.000000424. The van der Waals surface area contributed by atoms with E-state index in [1.165, 1.54) is 4.90 Å². The van der Waals surface area contributed by atoms with Crippen molar-refractivity contribution in [3.8, 4) is 0 Å². The molecule has 40 heavy (non-hydrogen) atoms. The molecule has 3 amide bonds. The third-order valence-corrected chi connectivity index (χ3v) is 8.31. The van der Waals surface area contributed by atoms with Gasteiger partial charge >= 0.3 is 18.2 Å². The van der Waals surface area contributed by atoms with Crippen LogP contribution in [-0.4, -0.2) is 111 Å². The number of rotatable bonds is 4. The summed E-state index contributed by atoms with van der Waals surface area (Å²) in [6.07, 6.45) is -5.64. The molecule has 4 rings (SSSR count). The highest BCUT2D eigenvalue weighted by Crippen LogP contribution is 2.55. The molecule has 0 N–H and O–H groups in total. The molecule has 2 heterocycles. The van der Waals surface area contributed by atoms with E-state index in [9.17, 15) is 31.9 Å². The number of likely N-dealkylation sites (tertiary alicyclic amines) is 1. The van der Waals surface area contributed by atoms with Crippen molar-refractivity contribution in [3.05, 3.63) is 0 Å². The van der Waals surface area contributed by atoms with E-state index in [2.05, 4.69) is 39.5 Å². The highest BCUT2D eigenvalue weighted by molar-refractivity contribution is 5.89. The van der Waals surface area contributed by atoms with E-state index < -0.39 is 53.0 Å². The fourth-order valence-corrected chi connectivity index (χ4v) is 6.04. The summed E-state index contributed by atoms with van der Waals surface area (Å²) in [5.41, 5.74) is -2.72. The lowest BCUT2D eigenvalue weighted by atomic mass is 10.00. The van der Waals surface area contributed by atoms with Crippen LogP contribution in [0.4, 0.5) is 22.4 Å². The molecule has 2 saturated heterocycles. The molecule has 230 valence electrons. The Morgan fingerprint density at radius 2 is 1.40 bits per heavy atom. The lowest BCUT2D eigenvalue weighted by molar-refractivity contribution is -0.194. The number of carbonyl (C=O) groups excluding carboxylic acids is 3. The van der Waals surface area contributed by atoms with Crippen LogP contribution in [0.3, 0.4) is 0 Å². The second-order valence-corrected chi connectivity index (χ2v) is 13.3. The van der Waals surface area contributed by atoms with Crippen LogP contribution in [0.1, 0.15) is 87.5 Å². The Bertz CT molecular complexity index is 949. The number of nitrogens with zero attached hydrogens (tertiary/aromatic N) is 4. The van der Waals surface area contributed by atoms with Crippen LogP contribution in [0.25, 0.3) is 0 Å². The molecule has 0 radical (unpaired) electrons. The molecule has 12 heteroatoms. The van der Waals surface area contributed by atoms with Crippen LogP contribution in [0.5, 0.6) is 0 Å². The number of alkyl halides is 4. The summed E-state index contributed by atoms with van der Waals surface area (Å²) in [6, 6.07) is 0.313. The van der Waals surface area contributed by atoms with Crippen molar-refractivity contribution in [1.82, 2.24) is 19.6 Å². The van der Waals surface area contributed by atoms with Crippen LogP contribution in [-0.2, 0) is 14.3 Å². The molecule has 0 aromatic carbocycles. The average molecular weight is 579 g/mol. The van der Waals surface area contributed by atoms with Crippen LogP contribution in [0, 0.1) is 0 Å². The summed E-state index contributed by atoms with van der Waals surface area (Å²) in [5, 5.41) is 0. The first kappa shape index (κ1) is 32.4. The van der Waals surface area contributed by atoms with Gasteiger partial charge in [0.15, 0.2) is 0 Å². The fraction of sp³-hybridized carbons (Fsp3) is 0.893. The summed E-state index contributed by atoms with van der Waals surface area (Å²) in [5.74, 6) is -2.35. The van der Waals surface area contributed by atoms with E-state index in [-0.39, 0.29) is 26.1 Å². The Morgan fingerprint density at radius 1 is 0.925 bits per heavy atom. The van der Waals surface area contributed by atoms with E-state index >= 15 is 0 Å². The van der Waals surface area contributed by atoms with E-state index in [0.29, 0.717) is 37.8 Å². The summed E-state index contributed by atoms with van der Waals surface area (Å²) >= 11 is 0. The quantitative estimate of drug-likeness (QED) is 0.450. The second kappa shape index (κ2) is 11.3. The third kappa shape index (κ3) is 7.02. The van der Waals surface area contributed by atoms with Gasteiger partial charge in [-0.2, -0.15) is 13.2 Å². The highest BCUT2D eigenvalue weighted by atomic mass is 19.4. The summed E-state index contributed by atoms with van der Waals surface area (Å²) in [4.78, 5) is 44.0. The minimum absolute atomic E-state index is 0.0245. The highest BCUT2D eigenvalue weighted by Gasteiger charge is 2.67. The Hall–Kier alpha value is -2.11. The van der Waals surface area contributed by atoms with E-state index in [4.69, 9.17) is 4.74 Å². The van der Waals surface area contributed by atoms with Gasteiger partial charge in [0.2, 0.25) is 5.91 Å². The average Bonchev–Trinajstić information content (AvgIpc) is 3.71. The first-order chi connectivity index (χ1) is 18.3. The largest absolute Gasteiger partial charge is 0.471 e.